The van der Waals surface area contributed by atoms with E-state index in [1.165, 1.54) is 0 Å². The van der Waals surface area contributed by atoms with Crippen LogP contribution in [0.4, 0.5) is 16.2 Å². The highest BCUT2D eigenvalue weighted by molar-refractivity contribution is 6.30. The minimum atomic E-state index is -0.277. The minimum Gasteiger partial charge on any atom is -0.338 e. The number of urea groups is 1. The summed E-state index contributed by atoms with van der Waals surface area (Å²) in [5, 5.41) is 6.18. The summed E-state index contributed by atoms with van der Waals surface area (Å²) in [4.78, 5) is 26.3. The molecule has 0 bridgehead atoms. The Balaban J connectivity index is 1.81. The van der Waals surface area contributed by atoms with Crippen molar-refractivity contribution in [1.82, 2.24) is 5.32 Å². The van der Waals surface area contributed by atoms with Crippen LogP contribution >= 0.6 is 11.6 Å². The zero-order valence-electron chi connectivity index (χ0n) is 15.6. The van der Waals surface area contributed by atoms with E-state index in [9.17, 15) is 9.59 Å². The van der Waals surface area contributed by atoms with Gasteiger partial charge in [0.05, 0.1) is 0 Å². The maximum atomic E-state index is 12.5. The van der Waals surface area contributed by atoms with Crippen LogP contribution in [0.5, 0.6) is 0 Å². The topological polar surface area (TPSA) is 61.4 Å². The quantitative estimate of drug-likeness (QED) is 0.589. The van der Waals surface area contributed by atoms with E-state index in [0.29, 0.717) is 36.6 Å². The molecular formula is C21H26ClN3O2. The molecule has 0 spiro atoms. The predicted molar refractivity (Wildman–Crippen MR) is 111 cm³/mol. The van der Waals surface area contributed by atoms with Crippen molar-refractivity contribution in [2.75, 3.05) is 23.3 Å². The third-order valence-corrected chi connectivity index (χ3v) is 4.31. The Labute approximate surface area is 165 Å². The lowest BCUT2D eigenvalue weighted by atomic mass is 10.2. The zero-order chi connectivity index (χ0) is 19.5. The van der Waals surface area contributed by atoms with Gasteiger partial charge in [0, 0.05) is 35.9 Å². The van der Waals surface area contributed by atoms with Crippen LogP contribution in [0.2, 0.25) is 5.02 Å². The molecule has 0 radical (unpaired) electrons. The molecule has 0 unspecified atom stereocenters. The molecule has 144 valence electrons. The number of amides is 3. The largest absolute Gasteiger partial charge is 0.338 e. The first-order valence-electron chi connectivity index (χ1n) is 9.26. The van der Waals surface area contributed by atoms with Crippen LogP contribution in [0, 0.1) is 0 Å². The first-order valence-corrected chi connectivity index (χ1v) is 9.63. The first-order chi connectivity index (χ1) is 13.1. The smallest absolute Gasteiger partial charge is 0.319 e. The molecule has 0 atom stereocenters. The summed E-state index contributed by atoms with van der Waals surface area (Å²) in [5.41, 5.74) is 1.57. The van der Waals surface area contributed by atoms with E-state index in [2.05, 4.69) is 17.6 Å². The molecule has 0 aliphatic rings. The van der Waals surface area contributed by atoms with E-state index in [1.807, 2.05) is 30.3 Å². The molecule has 2 N–H and O–H groups in total. The molecule has 0 aliphatic heterocycles. The van der Waals surface area contributed by atoms with Crippen LogP contribution in [0.1, 0.15) is 32.6 Å². The molecule has 0 fully saturated rings. The number of hydrogen-bond donors (Lipinski definition) is 2. The normalized spacial score (nSPS) is 10.3. The van der Waals surface area contributed by atoms with E-state index in [-0.39, 0.29) is 11.9 Å². The second-order valence-corrected chi connectivity index (χ2v) is 6.66. The summed E-state index contributed by atoms with van der Waals surface area (Å²) in [6.45, 7) is 3.11. The molecule has 0 saturated heterocycles. The van der Waals surface area contributed by atoms with Crippen molar-refractivity contribution in [3.8, 4) is 0 Å². The van der Waals surface area contributed by atoms with Gasteiger partial charge in [-0.15, -0.1) is 0 Å². The molecular weight excluding hydrogens is 362 g/mol. The first kappa shape index (κ1) is 20.8. The van der Waals surface area contributed by atoms with Crippen molar-refractivity contribution in [2.45, 2.75) is 32.6 Å². The van der Waals surface area contributed by atoms with E-state index in [1.54, 1.807) is 29.2 Å². The van der Waals surface area contributed by atoms with Crippen LogP contribution in [-0.4, -0.2) is 25.0 Å². The number of benzene rings is 2. The lowest BCUT2D eigenvalue weighted by Crippen LogP contribution is -2.35. The molecule has 2 rings (SSSR count). The second-order valence-electron chi connectivity index (χ2n) is 6.23. The molecule has 2 aromatic rings. The summed E-state index contributed by atoms with van der Waals surface area (Å²) in [6.07, 6.45) is 3.07. The van der Waals surface area contributed by atoms with Crippen LogP contribution in [0.3, 0.4) is 0 Å². The summed E-state index contributed by atoms with van der Waals surface area (Å²) in [7, 11) is 0. The van der Waals surface area contributed by atoms with Gasteiger partial charge in [-0.25, -0.2) is 4.79 Å². The van der Waals surface area contributed by atoms with Gasteiger partial charge in [-0.2, -0.15) is 0 Å². The highest BCUT2D eigenvalue weighted by atomic mass is 35.5. The fraction of sp³-hybridized carbons (Fsp3) is 0.333. The summed E-state index contributed by atoms with van der Waals surface area (Å²) < 4.78 is 0. The van der Waals surface area contributed by atoms with E-state index in [4.69, 9.17) is 11.6 Å². The van der Waals surface area contributed by atoms with E-state index >= 15 is 0 Å². The van der Waals surface area contributed by atoms with Crippen molar-refractivity contribution in [3.63, 3.8) is 0 Å². The highest BCUT2D eigenvalue weighted by Crippen LogP contribution is 2.16. The minimum absolute atomic E-state index is 0.119. The number of halogens is 1. The molecule has 27 heavy (non-hydrogen) atoms. The van der Waals surface area contributed by atoms with Crippen molar-refractivity contribution in [1.29, 1.82) is 0 Å². The van der Waals surface area contributed by atoms with E-state index < -0.39 is 0 Å². The molecule has 3 amide bonds. The van der Waals surface area contributed by atoms with Crippen molar-refractivity contribution in [3.05, 3.63) is 59.6 Å². The monoisotopic (exact) mass is 387 g/mol. The Morgan fingerprint density at radius 2 is 1.70 bits per heavy atom. The standard InChI is InChI=1S/C21H26ClN3O2/c1-2-3-10-20(26)25(19-8-5-4-6-9-19)16-7-15-23-21(27)24-18-13-11-17(22)12-14-18/h4-6,8-9,11-14H,2-3,7,10,15-16H2,1H3,(H2,23,24,27). The summed E-state index contributed by atoms with van der Waals surface area (Å²) >= 11 is 5.83. The molecule has 0 heterocycles. The third-order valence-electron chi connectivity index (χ3n) is 4.06. The fourth-order valence-corrected chi connectivity index (χ4v) is 2.74. The summed E-state index contributed by atoms with van der Waals surface area (Å²) in [5.74, 6) is 0.119. The Hall–Kier alpha value is -2.53. The SMILES string of the molecule is CCCCC(=O)N(CCCNC(=O)Nc1ccc(Cl)cc1)c1ccccc1. The lowest BCUT2D eigenvalue weighted by Gasteiger charge is -2.23. The number of anilines is 2. The van der Waals surface area contributed by atoms with Gasteiger partial charge in [-0.3, -0.25) is 4.79 Å². The van der Waals surface area contributed by atoms with Gasteiger partial charge in [0.1, 0.15) is 0 Å². The van der Waals surface area contributed by atoms with Crippen molar-refractivity contribution in [2.24, 2.45) is 0 Å². The van der Waals surface area contributed by atoms with Gasteiger partial charge >= 0.3 is 6.03 Å². The fourth-order valence-electron chi connectivity index (χ4n) is 2.62. The lowest BCUT2D eigenvalue weighted by molar-refractivity contribution is -0.118. The number of nitrogens with zero attached hydrogens (tertiary/aromatic N) is 1. The average Bonchev–Trinajstić information content (AvgIpc) is 2.68. The van der Waals surface area contributed by atoms with Gasteiger partial charge in [-0.05, 0) is 49.2 Å². The average molecular weight is 388 g/mol. The van der Waals surface area contributed by atoms with Gasteiger partial charge in [0.2, 0.25) is 5.91 Å². The van der Waals surface area contributed by atoms with Crippen LogP contribution in [0.15, 0.2) is 54.6 Å². The Kier molecular flexibility index (Phi) is 8.65. The van der Waals surface area contributed by atoms with E-state index in [0.717, 1.165) is 18.5 Å². The van der Waals surface area contributed by atoms with Crippen LogP contribution in [-0.2, 0) is 4.79 Å². The van der Waals surface area contributed by atoms with Gasteiger partial charge in [0.15, 0.2) is 0 Å². The number of hydrogen-bond acceptors (Lipinski definition) is 2. The van der Waals surface area contributed by atoms with Crippen molar-refractivity contribution < 1.29 is 9.59 Å². The van der Waals surface area contributed by atoms with Gasteiger partial charge < -0.3 is 15.5 Å². The van der Waals surface area contributed by atoms with Crippen LogP contribution in [0.25, 0.3) is 0 Å². The third kappa shape index (κ3) is 7.31. The molecule has 0 saturated carbocycles. The number of carbonyl (C=O) groups is 2. The predicted octanol–water partition coefficient (Wildman–Crippen LogP) is 5.08. The molecule has 0 aromatic heterocycles. The number of unbranched alkanes of at least 4 members (excludes halogenated alkanes) is 1. The Bertz CT molecular complexity index is 720. The van der Waals surface area contributed by atoms with Gasteiger partial charge in [0.25, 0.3) is 0 Å². The molecule has 5 nitrogen and oxygen atoms in total. The summed E-state index contributed by atoms with van der Waals surface area (Å²) in [6, 6.07) is 16.3. The molecule has 0 aliphatic carbocycles. The maximum Gasteiger partial charge on any atom is 0.319 e. The van der Waals surface area contributed by atoms with Crippen molar-refractivity contribution >= 4 is 34.9 Å². The highest BCUT2D eigenvalue weighted by Gasteiger charge is 2.14. The number of para-hydroxylation sites is 1. The molecule has 2 aromatic carbocycles. The Morgan fingerprint density at radius 3 is 2.37 bits per heavy atom. The number of rotatable bonds is 9. The zero-order valence-corrected chi connectivity index (χ0v) is 16.3. The molecule has 6 heteroatoms. The van der Waals surface area contributed by atoms with Gasteiger partial charge in [-0.1, -0.05) is 43.1 Å². The van der Waals surface area contributed by atoms with Crippen LogP contribution < -0.4 is 15.5 Å². The Morgan fingerprint density at radius 1 is 1.00 bits per heavy atom. The number of carbonyl (C=O) groups excluding carboxylic acids is 2. The maximum absolute atomic E-state index is 12.5. The second kappa shape index (κ2) is 11.2. The number of nitrogens with one attached hydrogen (secondary N) is 2.